The van der Waals surface area contributed by atoms with Gasteiger partial charge < -0.3 is 9.64 Å². The number of hydrogen-bond donors (Lipinski definition) is 0. The van der Waals surface area contributed by atoms with Crippen molar-refractivity contribution in [1.29, 1.82) is 0 Å². The Kier molecular flexibility index (Phi) is 6.43. The summed E-state index contributed by atoms with van der Waals surface area (Å²) in [5.41, 5.74) is 0. The second kappa shape index (κ2) is 7.85. The van der Waals surface area contributed by atoms with Gasteiger partial charge in [-0.05, 0) is 25.5 Å². The number of allylic oxidation sites excluding steroid dienone is 1. The zero-order valence-corrected chi connectivity index (χ0v) is 12.2. The van der Waals surface area contributed by atoms with Crippen molar-refractivity contribution in [2.24, 2.45) is 0 Å². The summed E-state index contributed by atoms with van der Waals surface area (Å²) in [6.07, 6.45) is 2.92. The first kappa shape index (κ1) is 15.6. The van der Waals surface area contributed by atoms with E-state index in [4.69, 9.17) is 16.3 Å². The number of carbonyl (C=O) groups is 1. The molecule has 0 aliphatic rings. The lowest BCUT2D eigenvalue weighted by Crippen LogP contribution is -2.38. The molecule has 1 atom stereocenters. The molecule has 0 aliphatic carbocycles. The molecular formula is C15H20ClNO2. The van der Waals surface area contributed by atoms with E-state index in [2.05, 4.69) is 6.58 Å². The van der Waals surface area contributed by atoms with Gasteiger partial charge in [0.2, 0.25) is 5.91 Å². The van der Waals surface area contributed by atoms with Crippen LogP contribution in [-0.4, -0.2) is 30.5 Å². The van der Waals surface area contributed by atoms with E-state index < -0.39 is 0 Å². The van der Waals surface area contributed by atoms with Crippen molar-refractivity contribution in [2.75, 3.05) is 13.7 Å². The van der Waals surface area contributed by atoms with Gasteiger partial charge in [0.15, 0.2) is 0 Å². The zero-order valence-electron chi connectivity index (χ0n) is 11.4. The van der Waals surface area contributed by atoms with E-state index in [1.807, 2.05) is 25.1 Å². The maximum atomic E-state index is 11.8. The lowest BCUT2D eigenvalue weighted by molar-refractivity contribution is -0.132. The second-order valence-corrected chi connectivity index (χ2v) is 4.83. The largest absolute Gasteiger partial charge is 0.490 e. The predicted molar refractivity (Wildman–Crippen MR) is 78.6 cm³/mol. The lowest BCUT2D eigenvalue weighted by atomic mass is 10.2. The first-order valence-electron chi connectivity index (χ1n) is 6.30. The highest BCUT2D eigenvalue weighted by Gasteiger charge is 2.15. The number of rotatable bonds is 7. The van der Waals surface area contributed by atoms with Gasteiger partial charge in [-0.25, -0.2) is 0 Å². The summed E-state index contributed by atoms with van der Waals surface area (Å²) in [4.78, 5) is 13.5. The van der Waals surface area contributed by atoms with Crippen LogP contribution in [0.15, 0.2) is 36.9 Å². The fourth-order valence-corrected chi connectivity index (χ4v) is 1.72. The van der Waals surface area contributed by atoms with Crippen molar-refractivity contribution >= 4 is 17.5 Å². The molecule has 0 radical (unpaired) electrons. The fraction of sp³-hybridized carbons (Fsp3) is 0.400. The van der Waals surface area contributed by atoms with Gasteiger partial charge in [-0.1, -0.05) is 29.8 Å². The molecule has 0 saturated heterocycles. The third-order valence-corrected chi connectivity index (χ3v) is 3.25. The molecule has 19 heavy (non-hydrogen) atoms. The van der Waals surface area contributed by atoms with Crippen molar-refractivity contribution < 1.29 is 9.53 Å². The highest BCUT2D eigenvalue weighted by Crippen LogP contribution is 2.23. The SMILES string of the molecule is C=CCCC(=O)N(C)C(C)COc1ccccc1Cl. The maximum Gasteiger partial charge on any atom is 0.222 e. The van der Waals surface area contributed by atoms with E-state index >= 15 is 0 Å². The minimum absolute atomic E-state index is 0.00594. The van der Waals surface area contributed by atoms with E-state index in [0.717, 1.165) is 0 Å². The number of hydrogen-bond acceptors (Lipinski definition) is 2. The van der Waals surface area contributed by atoms with Crippen molar-refractivity contribution in [3.8, 4) is 5.75 Å². The van der Waals surface area contributed by atoms with Gasteiger partial charge in [-0.3, -0.25) is 4.79 Å². The van der Waals surface area contributed by atoms with Gasteiger partial charge in [-0.15, -0.1) is 6.58 Å². The molecule has 3 nitrogen and oxygen atoms in total. The average Bonchev–Trinajstić information content (AvgIpc) is 2.42. The van der Waals surface area contributed by atoms with E-state index in [9.17, 15) is 4.79 Å². The molecule has 0 bridgehead atoms. The van der Waals surface area contributed by atoms with Crippen LogP contribution >= 0.6 is 11.6 Å². The van der Waals surface area contributed by atoms with E-state index in [1.165, 1.54) is 0 Å². The Bertz CT molecular complexity index is 434. The molecule has 1 aromatic carbocycles. The summed E-state index contributed by atoms with van der Waals surface area (Å²) < 4.78 is 5.63. The fourth-order valence-electron chi connectivity index (χ4n) is 1.53. The minimum Gasteiger partial charge on any atom is -0.490 e. The molecule has 0 aliphatic heterocycles. The summed E-state index contributed by atoms with van der Waals surface area (Å²) >= 11 is 6.00. The molecule has 0 N–H and O–H groups in total. The monoisotopic (exact) mass is 281 g/mol. The van der Waals surface area contributed by atoms with Gasteiger partial charge in [-0.2, -0.15) is 0 Å². The standard InChI is InChI=1S/C15H20ClNO2/c1-4-5-10-15(18)17(3)12(2)11-19-14-9-7-6-8-13(14)16/h4,6-9,12H,1,5,10-11H2,2-3H3. The van der Waals surface area contributed by atoms with Crippen LogP contribution in [0.3, 0.4) is 0 Å². The normalized spacial score (nSPS) is 11.7. The first-order valence-corrected chi connectivity index (χ1v) is 6.68. The minimum atomic E-state index is -0.00594. The van der Waals surface area contributed by atoms with E-state index in [1.54, 1.807) is 24.1 Å². The molecule has 4 heteroatoms. The van der Waals surface area contributed by atoms with Crippen LogP contribution in [0, 0.1) is 0 Å². The van der Waals surface area contributed by atoms with Crippen LogP contribution in [0.1, 0.15) is 19.8 Å². The molecule has 104 valence electrons. The van der Waals surface area contributed by atoms with Gasteiger partial charge in [0.05, 0.1) is 11.1 Å². The van der Waals surface area contributed by atoms with Crippen LogP contribution in [-0.2, 0) is 4.79 Å². The second-order valence-electron chi connectivity index (χ2n) is 4.42. The molecule has 0 aromatic heterocycles. The number of halogens is 1. The molecule has 1 aromatic rings. The number of amides is 1. The third-order valence-electron chi connectivity index (χ3n) is 2.93. The van der Waals surface area contributed by atoms with Gasteiger partial charge in [0.1, 0.15) is 12.4 Å². The van der Waals surface area contributed by atoms with Crippen molar-refractivity contribution in [2.45, 2.75) is 25.8 Å². The van der Waals surface area contributed by atoms with Gasteiger partial charge in [0, 0.05) is 13.5 Å². The van der Waals surface area contributed by atoms with Crippen molar-refractivity contribution in [1.82, 2.24) is 4.90 Å². The number of carbonyl (C=O) groups excluding carboxylic acids is 1. The van der Waals surface area contributed by atoms with E-state index in [-0.39, 0.29) is 11.9 Å². The summed E-state index contributed by atoms with van der Waals surface area (Å²) in [6.45, 7) is 5.98. The van der Waals surface area contributed by atoms with Crippen LogP contribution in [0.2, 0.25) is 5.02 Å². The number of para-hydroxylation sites is 1. The van der Waals surface area contributed by atoms with E-state index in [0.29, 0.717) is 30.2 Å². The lowest BCUT2D eigenvalue weighted by Gasteiger charge is -2.25. The molecule has 0 saturated carbocycles. The Morgan fingerprint density at radius 2 is 2.21 bits per heavy atom. The van der Waals surface area contributed by atoms with Crippen LogP contribution < -0.4 is 4.74 Å². The number of benzene rings is 1. The molecule has 1 rings (SSSR count). The summed E-state index contributed by atoms with van der Waals surface area (Å²) in [6, 6.07) is 7.30. The molecule has 1 unspecified atom stereocenters. The Morgan fingerprint density at radius 3 is 2.84 bits per heavy atom. The third kappa shape index (κ3) is 4.95. The highest BCUT2D eigenvalue weighted by molar-refractivity contribution is 6.32. The van der Waals surface area contributed by atoms with Crippen molar-refractivity contribution in [3.05, 3.63) is 41.9 Å². The Balaban J connectivity index is 2.46. The van der Waals surface area contributed by atoms with Gasteiger partial charge in [0.25, 0.3) is 0 Å². The van der Waals surface area contributed by atoms with Gasteiger partial charge >= 0.3 is 0 Å². The smallest absolute Gasteiger partial charge is 0.222 e. The van der Waals surface area contributed by atoms with Crippen molar-refractivity contribution in [3.63, 3.8) is 0 Å². The summed E-state index contributed by atoms with van der Waals surface area (Å²) in [7, 11) is 1.78. The molecular weight excluding hydrogens is 262 g/mol. The first-order chi connectivity index (χ1) is 9.06. The summed E-state index contributed by atoms with van der Waals surface area (Å²) in [5.74, 6) is 0.734. The summed E-state index contributed by atoms with van der Waals surface area (Å²) in [5, 5.41) is 0.579. The molecule has 0 fully saturated rings. The maximum absolute atomic E-state index is 11.8. The predicted octanol–water partition coefficient (Wildman–Crippen LogP) is 3.53. The highest BCUT2D eigenvalue weighted by atomic mass is 35.5. The number of ether oxygens (including phenoxy) is 1. The quantitative estimate of drug-likeness (QED) is 0.716. The average molecular weight is 282 g/mol. The molecule has 0 heterocycles. The number of likely N-dealkylation sites (N-methyl/N-ethyl adjacent to an activating group) is 1. The number of nitrogens with zero attached hydrogens (tertiary/aromatic N) is 1. The Hall–Kier alpha value is -1.48. The zero-order chi connectivity index (χ0) is 14.3. The molecule has 0 spiro atoms. The topological polar surface area (TPSA) is 29.5 Å². The van der Waals surface area contributed by atoms with Crippen LogP contribution in [0.25, 0.3) is 0 Å². The Labute approximate surface area is 119 Å². The van der Waals surface area contributed by atoms with Crippen LogP contribution in [0.4, 0.5) is 0 Å². The Morgan fingerprint density at radius 1 is 1.53 bits per heavy atom. The van der Waals surface area contributed by atoms with Crippen LogP contribution in [0.5, 0.6) is 5.75 Å². The molecule has 1 amide bonds.